The third kappa shape index (κ3) is 2.43. The number of likely N-dealkylation sites (tertiary alicyclic amines) is 1. The first-order valence-electron chi connectivity index (χ1n) is 7.34. The Morgan fingerprint density at radius 2 is 2.00 bits per heavy atom. The number of fused-ring (bicyclic) bond motifs is 1. The fraction of sp³-hybridized carbons (Fsp3) is 0.467. The monoisotopic (exact) mass is 302 g/mol. The lowest BCUT2D eigenvalue weighted by molar-refractivity contribution is -0.129. The molecular formula is C15H18N4O3. The van der Waals surface area contributed by atoms with E-state index in [1.165, 1.54) is 0 Å². The third-order valence-electron chi connectivity index (χ3n) is 4.29. The van der Waals surface area contributed by atoms with Crippen LogP contribution in [-0.2, 0) is 4.79 Å². The van der Waals surface area contributed by atoms with Gasteiger partial charge in [-0.2, -0.15) is 0 Å². The predicted octanol–water partition coefficient (Wildman–Crippen LogP) is 1.31. The van der Waals surface area contributed by atoms with Gasteiger partial charge in [-0.05, 0) is 46.8 Å². The predicted molar refractivity (Wildman–Crippen MR) is 79.4 cm³/mol. The molecule has 7 heteroatoms. The van der Waals surface area contributed by atoms with Crippen molar-refractivity contribution in [1.82, 2.24) is 20.5 Å². The molecule has 7 nitrogen and oxygen atoms in total. The minimum absolute atomic E-state index is 0.0892. The normalized spacial score (nSPS) is 16.0. The van der Waals surface area contributed by atoms with E-state index in [2.05, 4.69) is 15.6 Å². The maximum atomic E-state index is 12.2. The van der Waals surface area contributed by atoms with Gasteiger partial charge >= 0.3 is 0 Å². The van der Waals surface area contributed by atoms with Crippen LogP contribution in [0.2, 0.25) is 0 Å². The molecule has 1 aromatic heterocycles. The Kier molecular flexibility index (Phi) is 3.79. The van der Waals surface area contributed by atoms with Crippen LogP contribution in [0.5, 0.6) is 0 Å². The van der Waals surface area contributed by atoms with Crippen LogP contribution in [-0.4, -0.2) is 47.2 Å². The van der Waals surface area contributed by atoms with E-state index >= 15 is 0 Å². The second-order valence-corrected chi connectivity index (χ2v) is 5.52. The summed E-state index contributed by atoms with van der Waals surface area (Å²) >= 11 is 0. The number of amides is 2. The van der Waals surface area contributed by atoms with E-state index in [0.29, 0.717) is 29.7 Å². The van der Waals surface area contributed by atoms with Gasteiger partial charge in [0.1, 0.15) is 11.0 Å². The van der Waals surface area contributed by atoms with Crippen molar-refractivity contribution in [1.29, 1.82) is 0 Å². The lowest BCUT2D eigenvalue weighted by Crippen LogP contribution is -2.36. The number of rotatable bonds is 2. The van der Waals surface area contributed by atoms with Crippen molar-refractivity contribution in [3.8, 4) is 0 Å². The Balaban J connectivity index is 2.00. The molecule has 1 fully saturated rings. The molecule has 1 aromatic carbocycles. The van der Waals surface area contributed by atoms with Gasteiger partial charge in [-0.3, -0.25) is 9.59 Å². The van der Waals surface area contributed by atoms with E-state index in [4.69, 9.17) is 4.63 Å². The van der Waals surface area contributed by atoms with Crippen molar-refractivity contribution in [3.05, 3.63) is 23.3 Å². The van der Waals surface area contributed by atoms with Gasteiger partial charge in [0, 0.05) is 32.6 Å². The van der Waals surface area contributed by atoms with E-state index < -0.39 is 0 Å². The quantitative estimate of drug-likeness (QED) is 0.903. The number of nitrogens with one attached hydrogen (secondary N) is 1. The van der Waals surface area contributed by atoms with Crippen LogP contribution in [0.15, 0.2) is 16.8 Å². The number of hydrogen-bond acceptors (Lipinski definition) is 5. The molecule has 2 aromatic rings. The van der Waals surface area contributed by atoms with Crippen LogP contribution in [0.4, 0.5) is 0 Å². The van der Waals surface area contributed by atoms with Crippen molar-refractivity contribution in [2.45, 2.75) is 25.7 Å². The van der Waals surface area contributed by atoms with E-state index in [0.717, 1.165) is 18.4 Å². The summed E-state index contributed by atoms with van der Waals surface area (Å²) in [5.74, 6) is 0.110. The molecule has 1 saturated heterocycles. The number of aromatic nitrogens is 2. The first-order chi connectivity index (χ1) is 10.6. The van der Waals surface area contributed by atoms with Gasteiger partial charge in [0.2, 0.25) is 5.91 Å². The zero-order valence-electron chi connectivity index (χ0n) is 12.6. The minimum atomic E-state index is -0.145. The lowest BCUT2D eigenvalue weighted by Gasteiger charge is -2.32. The largest absolute Gasteiger partial charge is 0.355 e. The highest BCUT2D eigenvalue weighted by Crippen LogP contribution is 2.34. The minimum Gasteiger partial charge on any atom is -0.355 e. The van der Waals surface area contributed by atoms with Crippen LogP contribution >= 0.6 is 0 Å². The zero-order chi connectivity index (χ0) is 15.7. The van der Waals surface area contributed by atoms with Gasteiger partial charge in [-0.15, -0.1) is 0 Å². The van der Waals surface area contributed by atoms with Crippen molar-refractivity contribution in [2.24, 2.45) is 0 Å². The van der Waals surface area contributed by atoms with E-state index in [9.17, 15) is 9.59 Å². The Morgan fingerprint density at radius 1 is 1.27 bits per heavy atom. The molecule has 0 unspecified atom stereocenters. The van der Waals surface area contributed by atoms with Gasteiger partial charge in [-0.25, -0.2) is 4.63 Å². The Hall–Kier alpha value is -2.44. The summed E-state index contributed by atoms with van der Waals surface area (Å²) in [6.07, 6.45) is 1.60. The number of benzene rings is 1. The van der Waals surface area contributed by atoms with Crippen LogP contribution in [0, 0.1) is 0 Å². The molecule has 2 heterocycles. The number of carbonyl (C=O) groups excluding carboxylic acids is 2. The van der Waals surface area contributed by atoms with Gasteiger partial charge in [0.25, 0.3) is 5.91 Å². The van der Waals surface area contributed by atoms with Crippen LogP contribution < -0.4 is 5.32 Å². The maximum absolute atomic E-state index is 12.2. The summed E-state index contributed by atoms with van der Waals surface area (Å²) in [4.78, 5) is 25.5. The Labute approximate surface area is 127 Å². The van der Waals surface area contributed by atoms with E-state index in [1.807, 2.05) is 4.90 Å². The highest BCUT2D eigenvalue weighted by molar-refractivity contribution is 6.00. The second kappa shape index (κ2) is 5.75. The van der Waals surface area contributed by atoms with Crippen LogP contribution in [0.3, 0.4) is 0 Å². The summed E-state index contributed by atoms with van der Waals surface area (Å²) in [5, 5.41) is 10.5. The zero-order valence-corrected chi connectivity index (χ0v) is 12.6. The lowest BCUT2D eigenvalue weighted by atomic mass is 9.85. The summed E-state index contributed by atoms with van der Waals surface area (Å²) in [5.41, 5.74) is 2.77. The molecule has 0 spiro atoms. The molecule has 1 aliphatic heterocycles. The van der Waals surface area contributed by atoms with Crippen molar-refractivity contribution < 1.29 is 14.2 Å². The Bertz CT molecular complexity index is 717. The highest BCUT2D eigenvalue weighted by atomic mass is 16.6. The fourth-order valence-electron chi connectivity index (χ4n) is 3.10. The number of carbonyl (C=O) groups is 2. The first-order valence-corrected chi connectivity index (χ1v) is 7.34. The van der Waals surface area contributed by atoms with Crippen LogP contribution in [0.25, 0.3) is 11.0 Å². The second-order valence-electron chi connectivity index (χ2n) is 5.52. The molecule has 0 radical (unpaired) electrons. The molecule has 0 atom stereocenters. The van der Waals surface area contributed by atoms with Gasteiger partial charge in [0.05, 0.1) is 0 Å². The average Bonchev–Trinajstić information content (AvgIpc) is 3.01. The van der Waals surface area contributed by atoms with Crippen molar-refractivity contribution in [3.63, 3.8) is 0 Å². The molecule has 0 bridgehead atoms. The number of nitrogens with zero attached hydrogens (tertiary/aromatic N) is 3. The molecule has 3 rings (SSSR count). The molecule has 1 aliphatic rings. The average molecular weight is 302 g/mol. The van der Waals surface area contributed by atoms with Crippen molar-refractivity contribution >= 4 is 22.8 Å². The first kappa shape index (κ1) is 14.5. The molecular weight excluding hydrogens is 284 g/mol. The summed E-state index contributed by atoms with van der Waals surface area (Å²) in [6, 6.07) is 3.50. The van der Waals surface area contributed by atoms with Gasteiger partial charge in [-0.1, -0.05) is 0 Å². The van der Waals surface area contributed by atoms with E-state index in [1.54, 1.807) is 26.1 Å². The number of hydrogen-bond donors (Lipinski definition) is 1. The van der Waals surface area contributed by atoms with E-state index in [-0.39, 0.29) is 17.7 Å². The summed E-state index contributed by atoms with van der Waals surface area (Å²) in [6.45, 7) is 2.96. The highest BCUT2D eigenvalue weighted by Gasteiger charge is 2.28. The smallest absolute Gasteiger partial charge is 0.251 e. The molecule has 22 heavy (non-hydrogen) atoms. The third-order valence-corrected chi connectivity index (χ3v) is 4.29. The van der Waals surface area contributed by atoms with Crippen LogP contribution in [0.1, 0.15) is 41.6 Å². The fourth-order valence-corrected chi connectivity index (χ4v) is 3.10. The molecule has 0 saturated carbocycles. The SMILES string of the molecule is CNC(=O)c1ccc2nonc2c1C1CCN(C(C)=O)CC1. The van der Waals surface area contributed by atoms with Crippen molar-refractivity contribution in [2.75, 3.05) is 20.1 Å². The molecule has 116 valence electrons. The van der Waals surface area contributed by atoms with Gasteiger partial charge in [0.15, 0.2) is 0 Å². The summed E-state index contributed by atoms with van der Waals surface area (Å²) < 4.78 is 4.83. The summed E-state index contributed by atoms with van der Waals surface area (Å²) in [7, 11) is 1.61. The van der Waals surface area contributed by atoms with Gasteiger partial charge < -0.3 is 10.2 Å². The Morgan fingerprint density at radius 3 is 2.64 bits per heavy atom. The molecule has 2 amide bonds. The molecule has 1 N–H and O–H groups in total. The standard InChI is InChI=1S/C15H18N4O3/c1-9(20)19-7-5-10(6-8-19)13-11(15(21)16-2)3-4-12-14(13)18-22-17-12/h3-4,10H,5-8H2,1-2H3,(H,16,21). The number of piperidine rings is 1. The topological polar surface area (TPSA) is 88.3 Å². The maximum Gasteiger partial charge on any atom is 0.251 e. The molecule has 0 aliphatic carbocycles.